The number of amides is 1. The molecule has 6 nitrogen and oxygen atoms in total. The highest BCUT2D eigenvalue weighted by molar-refractivity contribution is 7.09. The summed E-state index contributed by atoms with van der Waals surface area (Å²) in [4.78, 5) is 18.4. The first-order valence-corrected chi connectivity index (χ1v) is 9.85. The minimum Gasteiger partial charge on any atom is -0.497 e. The van der Waals surface area contributed by atoms with Crippen LogP contribution in [0.2, 0.25) is 0 Å². The van der Waals surface area contributed by atoms with Crippen LogP contribution in [0.5, 0.6) is 5.75 Å². The zero-order chi connectivity index (χ0) is 18.6. The van der Waals surface area contributed by atoms with E-state index in [1.165, 1.54) is 4.88 Å². The summed E-state index contributed by atoms with van der Waals surface area (Å²) in [5.74, 6) is 0.792. The maximum Gasteiger partial charge on any atom is 0.274 e. The van der Waals surface area contributed by atoms with Gasteiger partial charge in [0.25, 0.3) is 5.91 Å². The molecule has 7 heteroatoms. The van der Waals surface area contributed by atoms with Crippen molar-refractivity contribution in [1.29, 1.82) is 0 Å². The molecule has 1 aliphatic heterocycles. The first kappa shape index (κ1) is 17.8. The smallest absolute Gasteiger partial charge is 0.274 e. The Hall–Kier alpha value is -2.64. The van der Waals surface area contributed by atoms with Crippen molar-refractivity contribution < 1.29 is 9.53 Å². The molecule has 1 aliphatic rings. The fraction of sp³-hybridized carbons (Fsp3) is 0.300. The minimum atomic E-state index is -0.00182. The topological polar surface area (TPSA) is 50.6 Å². The minimum absolute atomic E-state index is 0.00182. The summed E-state index contributed by atoms with van der Waals surface area (Å²) in [6.07, 6.45) is 1.82. The number of hydrogen-bond acceptors (Lipinski definition) is 5. The molecule has 0 N–H and O–H groups in total. The van der Waals surface area contributed by atoms with Gasteiger partial charge in [0.1, 0.15) is 5.75 Å². The second-order valence-corrected chi connectivity index (χ2v) is 7.52. The standard InChI is InChI=1S/C20H22N4O2S/c1-26-17-6-4-16(5-7-17)24-9-8-19(21-24)20(25)23-12-10-22(11-13-23)15-18-3-2-14-27-18/h2-9,14H,10-13,15H2,1H3. The van der Waals surface area contributed by atoms with Crippen LogP contribution in [0.4, 0.5) is 0 Å². The van der Waals surface area contributed by atoms with Crippen LogP contribution in [-0.2, 0) is 6.54 Å². The number of rotatable bonds is 5. The fourth-order valence-corrected chi connectivity index (χ4v) is 3.96. The van der Waals surface area contributed by atoms with Crippen molar-refractivity contribution in [2.24, 2.45) is 0 Å². The van der Waals surface area contributed by atoms with Crippen molar-refractivity contribution in [1.82, 2.24) is 19.6 Å². The van der Waals surface area contributed by atoms with E-state index in [2.05, 4.69) is 27.5 Å². The molecule has 0 spiro atoms. The van der Waals surface area contributed by atoms with Gasteiger partial charge in [-0.3, -0.25) is 9.69 Å². The van der Waals surface area contributed by atoms with Gasteiger partial charge in [-0.05, 0) is 41.8 Å². The van der Waals surface area contributed by atoms with Crippen LogP contribution in [0.1, 0.15) is 15.4 Å². The van der Waals surface area contributed by atoms with E-state index in [9.17, 15) is 4.79 Å². The van der Waals surface area contributed by atoms with E-state index in [1.54, 1.807) is 29.2 Å². The number of hydrogen-bond donors (Lipinski definition) is 0. The Bertz CT molecular complexity index is 881. The average molecular weight is 382 g/mol. The Labute approximate surface area is 162 Å². The number of methoxy groups -OCH3 is 1. The van der Waals surface area contributed by atoms with Crippen LogP contribution in [0.25, 0.3) is 5.69 Å². The molecule has 4 rings (SSSR count). The summed E-state index contributed by atoms with van der Waals surface area (Å²) < 4.78 is 6.90. The van der Waals surface area contributed by atoms with Gasteiger partial charge in [0.15, 0.2) is 5.69 Å². The number of nitrogens with zero attached hydrogens (tertiary/aromatic N) is 4. The molecule has 0 bridgehead atoms. The number of aromatic nitrogens is 2. The number of thiophene rings is 1. The van der Waals surface area contributed by atoms with Crippen LogP contribution in [0.15, 0.2) is 54.0 Å². The molecule has 0 unspecified atom stereocenters. The van der Waals surface area contributed by atoms with Crippen molar-refractivity contribution in [3.05, 3.63) is 64.6 Å². The lowest BCUT2D eigenvalue weighted by Gasteiger charge is -2.34. The van der Waals surface area contributed by atoms with Crippen molar-refractivity contribution in [2.75, 3.05) is 33.3 Å². The van der Waals surface area contributed by atoms with Gasteiger partial charge in [-0.2, -0.15) is 5.10 Å². The SMILES string of the molecule is COc1ccc(-n2ccc(C(=O)N3CCN(Cc4cccs4)CC3)n2)cc1. The zero-order valence-corrected chi connectivity index (χ0v) is 16.1. The van der Waals surface area contributed by atoms with Gasteiger partial charge >= 0.3 is 0 Å². The maximum absolute atomic E-state index is 12.8. The van der Waals surface area contributed by atoms with Gasteiger partial charge in [0.2, 0.25) is 0 Å². The van der Waals surface area contributed by atoms with Crippen LogP contribution in [0.3, 0.4) is 0 Å². The lowest BCUT2D eigenvalue weighted by Crippen LogP contribution is -2.48. The summed E-state index contributed by atoms with van der Waals surface area (Å²) in [7, 11) is 1.64. The van der Waals surface area contributed by atoms with E-state index in [-0.39, 0.29) is 5.91 Å². The summed E-state index contributed by atoms with van der Waals surface area (Å²) in [5, 5.41) is 6.57. The van der Waals surface area contributed by atoms with E-state index in [4.69, 9.17) is 4.74 Å². The van der Waals surface area contributed by atoms with Gasteiger partial charge in [-0.25, -0.2) is 4.68 Å². The molecule has 140 valence electrons. The Morgan fingerprint density at radius 2 is 1.89 bits per heavy atom. The number of ether oxygens (including phenoxy) is 1. The molecule has 3 heterocycles. The largest absolute Gasteiger partial charge is 0.497 e. The Morgan fingerprint density at radius 3 is 2.56 bits per heavy atom. The monoisotopic (exact) mass is 382 g/mol. The summed E-state index contributed by atoms with van der Waals surface area (Å²) in [5.41, 5.74) is 1.38. The van der Waals surface area contributed by atoms with Gasteiger partial charge in [-0.15, -0.1) is 11.3 Å². The molecular weight excluding hydrogens is 360 g/mol. The number of carbonyl (C=O) groups excluding carboxylic acids is 1. The predicted octanol–water partition coefficient (Wildman–Crippen LogP) is 2.90. The quantitative estimate of drug-likeness (QED) is 0.681. The molecule has 1 aromatic carbocycles. The van der Waals surface area contributed by atoms with E-state index < -0.39 is 0 Å². The van der Waals surface area contributed by atoms with E-state index >= 15 is 0 Å². The maximum atomic E-state index is 12.8. The highest BCUT2D eigenvalue weighted by Gasteiger charge is 2.24. The highest BCUT2D eigenvalue weighted by Crippen LogP contribution is 2.17. The predicted molar refractivity (Wildman–Crippen MR) is 106 cm³/mol. The van der Waals surface area contributed by atoms with Crippen LogP contribution >= 0.6 is 11.3 Å². The van der Waals surface area contributed by atoms with Gasteiger partial charge in [0, 0.05) is 43.8 Å². The van der Waals surface area contributed by atoms with E-state index in [1.807, 2.05) is 35.4 Å². The van der Waals surface area contributed by atoms with Gasteiger partial charge in [-0.1, -0.05) is 6.07 Å². The molecular formula is C20H22N4O2S. The molecule has 0 aliphatic carbocycles. The Kier molecular flexibility index (Phi) is 5.22. The normalized spacial score (nSPS) is 15.1. The van der Waals surface area contributed by atoms with Gasteiger partial charge in [0.05, 0.1) is 12.8 Å². The third kappa shape index (κ3) is 4.04. The Balaban J connectivity index is 1.36. The molecule has 0 atom stereocenters. The van der Waals surface area contributed by atoms with Crippen molar-refractivity contribution >= 4 is 17.2 Å². The first-order valence-electron chi connectivity index (χ1n) is 8.97. The number of piperazine rings is 1. The van der Waals surface area contributed by atoms with Crippen LogP contribution in [-0.4, -0.2) is 58.8 Å². The molecule has 0 saturated carbocycles. The van der Waals surface area contributed by atoms with Crippen molar-refractivity contribution in [3.8, 4) is 11.4 Å². The lowest BCUT2D eigenvalue weighted by molar-refractivity contribution is 0.0623. The highest BCUT2D eigenvalue weighted by atomic mass is 32.1. The van der Waals surface area contributed by atoms with Crippen LogP contribution in [0, 0.1) is 0 Å². The molecule has 27 heavy (non-hydrogen) atoms. The lowest BCUT2D eigenvalue weighted by atomic mass is 10.2. The fourth-order valence-electron chi connectivity index (χ4n) is 3.21. The molecule has 3 aromatic rings. The Morgan fingerprint density at radius 1 is 1.11 bits per heavy atom. The number of benzene rings is 1. The van der Waals surface area contributed by atoms with Crippen molar-refractivity contribution in [2.45, 2.75) is 6.54 Å². The zero-order valence-electron chi connectivity index (χ0n) is 15.2. The summed E-state index contributed by atoms with van der Waals surface area (Å²) >= 11 is 1.78. The van der Waals surface area contributed by atoms with Crippen molar-refractivity contribution in [3.63, 3.8) is 0 Å². The molecule has 0 radical (unpaired) electrons. The summed E-state index contributed by atoms with van der Waals surface area (Å²) in [6, 6.07) is 13.6. The summed E-state index contributed by atoms with van der Waals surface area (Å²) in [6.45, 7) is 4.22. The molecule has 1 fully saturated rings. The van der Waals surface area contributed by atoms with Crippen LogP contribution < -0.4 is 4.74 Å². The van der Waals surface area contributed by atoms with E-state index in [0.717, 1.165) is 44.2 Å². The molecule has 1 amide bonds. The second-order valence-electron chi connectivity index (χ2n) is 6.49. The van der Waals surface area contributed by atoms with E-state index in [0.29, 0.717) is 5.69 Å². The molecule has 1 saturated heterocycles. The average Bonchev–Trinajstić information content (AvgIpc) is 3.40. The first-order chi connectivity index (χ1) is 13.2. The third-order valence-corrected chi connectivity index (χ3v) is 5.63. The van der Waals surface area contributed by atoms with Gasteiger partial charge < -0.3 is 9.64 Å². The molecule has 2 aromatic heterocycles. The second kappa shape index (κ2) is 7.94. The number of carbonyl (C=O) groups is 1. The third-order valence-electron chi connectivity index (χ3n) is 4.76.